The van der Waals surface area contributed by atoms with Gasteiger partial charge in [-0.05, 0) is 5.92 Å². The molecule has 1 rings (SSSR count). The summed E-state index contributed by atoms with van der Waals surface area (Å²) >= 11 is 6.16. The zero-order valence-corrected chi connectivity index (χ0v) is 10.4. The van der Waals surface area contributed by atoms with Crippen molar-refractivity contribution >= 4 is 17.9 Å². The first kappa shape index (κ1) is 13.2. The van der Waals surface area contributed by atoms with E-state index in [2.05, 4.69) is 13.8 Å². The largest absolute Gasteiger partial charge is 0.349 e. The van der Waals surface area contributed by atoms with E-state index >= 15 is 0 Å². The van der Waals surface area contributed by atoms with Crippen LogP contribution in [0.1, 0.15) is 25.8 Å². The average molecular weight is 241 g/mol. The molecule has 1 aromatic rings. The Balaban J connectivity index is 2.74. The zero-order valence-electron chi connectivity index (χ0n) is 9.65. The molecule has 16 heavy (non-hydrogen) atoms. The van der Waals surface area contributed by atoms with Crippen molar-refractivity contribution in [2.24, 2.45) is 5.92 Å². The number of hydrogen-bond acceptors (Lipinski definition) is 2. The number of hydrogen-bond donors (Lipinski definition) is 0. The second-order valence-corrected chi connectivity index (χ2v) is 4.51. The first-order valence-electron chi connectivity index (χ1n) is 5.47. The summed E-state index contributed by atoms with van der Waals surface area (Å²) in [5, 5.41) is -1.34. The summed E-state index contributed by atoms with van der Waals surface area (Å²) in [6, 6.07) is 9.13. The van der Waals surface area contributed by atoms with Crippen LogP contribution in [0.25, 0.3) is 0 Å². The van der Waals surface area contributed by atoms with Crippen molar-refractivity contribution in [2.75, 3.05) is 6.61 Å². The van der Waals surface area contributed by atoms with Crippen molar-refractivity contribution in [2.45, 2.75) is 25.3 Å². The van der Waals surface area contributed by atoms with Crippen LogP contribution in [0.15, 0.2) is 30.3 Å². The monoisotopic (exact) mass is 240 g/mol. The van der Waals surface area contributed by atoms with Crippen molar-refractivity contribution < 1.29 is 9.53 Å². The molecule has 0 N–H and O–H groups in total. The number of aldehydes is 1. The van der Waals surface area contributed by atoms with Crippen LogP contribution in [-0.2, 0) is 14.6 Å². The van der Waals surface area contributed by atoms with E-state index in [1.165, 1.54) is 0 Å². The lowest BCUT2D eigenvalue weighted by Gasteiger charge is -2.23. The number of alkyl halides is 1. The summed E-state index contributed by atoms with van der Waals surface area (Å²) in [6.07, 6.45) is 1.65. The van der Waals surface area contributed by atoms with Crippen LogP contribution in [0.2, 0.25) is 0 Å². The van der Waals surface area contributed by atoms with Gasteiger partial charge in [-0.25, -0.2) is 0 Å². The molecule has 2 nitrogen and oxygen atoms in total. The maximum Gasteiger partial charge on any atom is 0.223 e. The van der Waals surface area contributed by atoms with Crippen molar-refractivity contribution in [1.82, 2.24) is 0 Å². The van der Waals surface area contributed by atoms with Crippen molar-refractivity contribution in [1.29, 1.82) is 0 Å². The lowest BCUT2D eigenvalue weighted by molar-refractivity contribution is -0.123. The third-order valence-corrected chi connectivity index (χ3v) is 3.01. The molecule has 0 aromatic heterocycles. The molecule has 0 spiro atoms. The number of carbonyl (C=O) groups excluding carboxylic acids is 1. The van der Waals surface area contributed by atoms with Crippen molar-refractivity contribution in [3.63, 3.8) is 0 Å². The average Bonchev–Trinajstić information content (AvgIpc) is 2.36. The van der Waals surface area contributed by atoms with Crippen LogP contribution in [0.4, 0.5) is 0 Å². The van der Waals surface area contributed by atoms with Gasteiger partial charge in [0.1, 0.15) is 0 Å². The molecule has 1 aromatic carbocycles. The van der Waals surface area contributed by atoms with Gasteiger partial charge in [-0.15, -0.1) is 0 Å². The first-order valence-corrected chi connectivity index (χ1v) is 5.85. The molecule has 0 radical (unpaired) electrons. The highest BCUT2D eigenvalue weighted by molar-refractivity contribution is 6.30. The van der Waals surface area contributed by atoms with Gasteiger partial charge in [-0.1, -0.05) is 62.2 Å². The predicted molar refractivity (Wildman–Crippen MR) is 65.4 cm³/mol. The Morgan fingerprint density at radius 3 is 2.56 bits per heavy atom. The van der Waals surface area contributed by atoms with Gasteiger partial charge >= 0.3 is 0 Å². The lowest BCUT2D eigenvalue weighted by Crippen LogP contribution is -2.27. The normalized spacial score (nSPS) is 16.4. The Labute approximate surface area is 102 Å². The molecular weight excluding hydrogens is 224 g/mol. The molecule has 0 aliphatic carbocycles. The number of halogens is 1. The molecule has 88 valence electrons. The maximum absolute atomic E-state index is 11.1. The summed E-state index contributed by atoms with van der Waals surface area (Å²) < 4.78 is 5.51. The van der Waals surface area contributed by atoms with Gasteiger partial charge in [0.05, 0.1) is 6.61 Å². The molecule has 2 atom stereocenters. The number of carbonyl (C=O) groups is 1. The van der Waals surface area contributed by atoms with Crippen LogP contribution in [0.5, 0.6) is 0 Å². The number of ether oxygens (including phenoxy) is 1. The smallest absolute Gasteiger partial charge is 0.223 e. The molecule has 0 aliphatic heterocycles. The Hall–Kier alpha value is -0.860. The van der Waals surface area contributed by atoms with E-state index in [1.807, 2.05) is 18.2 Å². The van der Waals surface area contributed by atoms with Crippen LogP contribution >= 0.6 is 11.6 Å². The molecule has 2 unspecified atom stereocenters. The summed E-state index contributed by atoms with van der Waals surface area (Å²) in [7, 11) is 0. The Bertz CT molecular complexity index is 326. The molecule has 0 fully saturated rings. The third kappa shape index (κ3) is 3.32. The number of rotatable bonds is 6. The van der Waals surface area contributed by atoms with E-state index in [4.69, 9.17) is 16.3 Å². The topological polar surface area (TPSA) is 26.3 Å². The second-order valence-electron chi connectivity index (χ2n) is 3.95. The highest BCUT2D eigenvalue weighted by Crippen LogP contribution is 2.28. The predicted octanol–water partition coefficient (Wildman–Crippen LogP) is 3.34. The summed E-state index contributed by atoms with van der Waals surface area (Å²) in [4.78, 5) is 11.1. The Morgan fingerprint density at radius 2 is 2.06 bits per heavy atom. The highest BCUT2D eigenvalue weighted by atomic mass is 35.5. The second kappa shape index (κ2) is 6.02. The van der Waals surface area contributed by atoms with E-state index < -0.39 is 5.06 Å². The fourth-order valence-corrected chi connectivity index (χ4v) is 1.42. The van der Waals surface area contributed by atoms with E-state index in [1.54, 1.807) is 12.1 Å². The van der Waals surface area contributed by atoms with Crippen LogP contribution < -0.4 is 0 Å². The minimum absolute atomic E-state index is 0.391. The van der Waals surface area contributed by atoms with Crippen molar-refractivity contribution in [3.8, 4) is 0 Å². The van der Waals surface area contributed by atoms with E-state index in [0.717, 1.165) is 6.42 Å². The SMILES string of the molecule is CCC(C)COC(Cl)(C=O)c1ccccc1. The summed E-state index contributed by atoms with van der Waals surface area (Å²) in [6.45, 7) is 4.62. The third-order valence-electron chi connectivity index (χ3n) is 2.59. The molecule has 0 saturated heterocycles. The fourth-order valence-electron chi connectivity index (χ4n) is 1.23. The summed E-state index contributed by atoms with van der Waals surface area (Å²) in [5.41, 5.74) is 0.676. The molecule has 0 bridgehead atoms. The van der Waals surface area contributed by atoms with Crippen molar-refractivity contribution in [3.05, 3.63) is 35.9 Å². The maximum atomic E-state index is 11.1. The zero-order chi connectivity index (χ0) is 12.0. The minimum atomic E-state index is -1.34. The lowest BCUT2D eigenvalue weighted by atomic mass is 10.1. The van der Waals surface area contributed by atoms with Gasteiger partial charge < -0.3 is 4.74 Å². The van der Waals surface area contributed by atoms with E-state index in [0.29, 0.717) is 24.4 Å². The number of benzene rings is 1. The highest BCUT2D eigenvalue weighted by Gasteiger charge is 2.30. The molecule has 0 amide bonds. The molecular formula is C13H17ClO2. The van der Waals surface area contributed by atoms with Crippen LogP contribution in [0.3, 0.4) is 0 Å². The Kier molecular flexibility index (Phi) is 4.97. The standard InChI is InChI=1S/C13H17ClO2/c1-3-11(2)9-16-13(14,10-15)12-7-5-4-6-8-12/h4-8,10-11H,3,9H2,1-2H3. The van der Waals surface area contributed by atoms with E-state index in [9.17, 15) is 4.79 Å². The van der Waals surface area contributed by atoms with Gasteiger partial charge in [0.15, 0.2) is 6.29 Å². The van der Waals surface area contributed by atoms with Gasteiger partial charge in [-0.3, -0.25) is 4.79 Å². The van der Waals surface area contributed by atoms with Gasteiger partial charge in [0.25, 0.3) is 0 Å². The van der Waals surface area contributed by atoms with Gasteiger partial charge in [-0.2, -0.15) is 0 Å². The van der Waals surface area contributed by atoms with Gasteiger partial charge in [0.2, 0.25) is 5.06 Å². The minimum Gasteiger partial charge on any atom is -0.349 e. The molecule has 0 aliphatic rings. The van der Waals surface area contributed by atoms with Gasteiger partial charge in [0, 0.05) is 5.56 Å². The molecule has 3 heteroatoms. The summed E-state index contributed by atoms with van der Waals surface area (Å²) in [5.74, 6) is 0.391. The van der Waals surface area contributed by atoms with E-state index in [-0.39, 0.29) is 0 Å². The Morgan fingerprint density at radius 1 is 1.44 bits per heavy atom. The molecule has 0 saturated carbocycles. The molecule has 0 heterocycles. The fraction of sp³-hybridized carbons (Fsp3) is 0.462. The van der Waals surface area contributed by atoms with Crippen LogP contribution in [-0.4, -0.2) is 12.9 Å². The van der Waals surface area contributed by atoms with Crippen LogP contribution in [0, 0.1) is 5.92 Å². The first-order chi connectivity index (χ1) is 7.62. The quantitative estimate of drug-likeness (QED) is 0.563.